The Hall–Kier alpha value is -0.870. The second kappa shape index (κ2) is 6.49. The summed E-state index contributed by atoms with van der Waals surface area (Å²) in [6.07, 6.45) is 5.97. The maximum Gasteiger partial charge on any atom is 0.237 e. The molecule has 1 amide bonds. The van der Waals surface area contributed by atoms with Crippen LogP contribution in [0.15, 0.2) is 16.8 Å². The molecule has 116 valence electrons. The smallest absolute Gasteiger partial charge is 0.237 e. The van der Waals surface area contributed by atoms with Crippen molar-refractivity contribution in [2.45, 2.75) is 64.1 Å². The van der Waals surface area contributed by atoms with Gasteiger partial charge in [0.1, 0.15) is 0 Å². The standard InChI is InChI=1S/C17H26N2OS/c1-13-5-3-6-14(2)19(13)17(20)11-18-9-4-7-16(18)15-8-10-21-12-15/h8,10,12-14,16H,3-7,9,11H2,1-2H3/t13-,14-,16+/m1/s1. The lowest BCUT2D eigenvalue weighted by Gasteiger charge is -2.40. The van der Waals surface area contributed by atoms with Gasteiger partial charge >= 0.3 is 0 Å². The minimum Gasteiger partial charge on any atom is -0.336 e. The number of likely N-dealkylation sites (tertiary alicyclic amines) is 2. The molecular formula is C17H26N2OS. The quantitative estimate of drug-likeness (QED) is 0.850. The Morgan fingerprint density at radius 2 is 2.00 bits per heavy atom. The van der Waals surface area contributed by atoms with Crippen LogP contribution in [0, 0.1) is 0 Å². The van der Waals surface area contributed by atoms with Crippen molar-refractivity contribution in [3.05, 3.63) is 22.4 Å². The van der Waals surface area contributed by atoms with Gasteiger partial charge in [0, 0.05) is 18.1 Å². The molecule has 4 heteroatoms. The zero-order valence-corrected chi connectivity index (χ0v) is 13.9. The molecule has 3 rings (SSSR count). The first-order valence-corrected chi connectivity index (χ1v) is 9.18. The molecule has 0 bridgehead atoms. The van der Waals surface area contributed by atoms with Crippen molar-refractivity contribution in [2.24, 2.45) is 0 Å². The molecule has 21 heavy (non-hydrogen) atoms. The van der Waals surface area contributed by atoms with Crippen LogP contribution >= 0.6 is 11.3 Å². The summed E-state index contributed by atoms with van der Waals surface area (Å²) in [6.45, 7) is 6.06. The highest BCUT2D eigenvalue weighted by molar-refractivity contribution is 7.07. The lowest BCUT2D eigenvalue weighted by Crippen LogP contribution is -2.51. The molecule has 0 saturated carbocycles. The number of hydrogen-bond donors (Lipinski definition) is 0. The molecule has 2 saturated heterocycles. The second-order valence-corrected chi connectivity index (χ2v) is 7.40. The summed E-state index contributed by atoms with van der Waals surface area (Å²) < 4.78 is 0. The van der Waals surface area contributed by atoms with Crippen LogP contribution in [0.3, 0.4) is 0 Å². The third-order valence-electron chi connectivity index (χ3n) is 5.11. The molecule has 0 N–H and O–H groups in total. The van der Waals surface area contributed by atoms with Crippen LogP contribution in [0.5, 0.6) is 0 Å². The molecule has 0 radical (unpaired) electrons. The molecule has 2 fully saturated rings. The molecule has 0 aliphatic carbocycles. The van der Waals surface area contributed by atoms with Crippen LogP contribution in [0.1, 0.15) is 57.6 Å². The molecule has 0 aromatic carbocycles. The molecule has 0 spiro atoms. The largest absolute Gasteiger partial charge is 0.336 e. The average molecular weight is 306 g/mol. The third kappa shape index (κ3) is 3.16. The highest BCUT2D eigenvalue weighted by Crippen LogP contribution is 2.33. The number of piperidine rings is 1. The molecule has 3 heterocycles. The monoisotopic (exact) mass is 306 g/mol. The number of hydrogen-bond acceptors (Lipinski definition) is 3. The highest BCUT2D eigenvalue weighted by Gasteiger charge is 2.33. The SMILES string of the molecule is C[C@@H]1CCC[C@@H](C)N1C(=O)CN1CCC[C@H]1c1ccsc1. The van der Waals surface area contributed by atoms with E-state index in [1.54, 1.807) is 11.3 Å². The Balaban J connectivity index is 1.66. The summed E-state index contributed by atoms with van der Waals surface area (Å²) in [6, 6.07) is 3.48. The van der Waals surface area contributed by atoms with Crippen LogP contribution in [0.2, 0.25) is 0 Å². The van der Waals surface area contributed by atoms with Gasteiger partial charge in [-0.15, -0.1) is 0 Å². The molecule has 2 aliphatic rings. The Labute approximate surface area is 131 Å². The van der Waals surface area contributed by atoms with E-state index in [-0.39, 0.29) is 0 Å². The molecule has 3 nitrogen and oxygen atoms in total. The van der Waals surface area contributed by atoms with Gasteiger partial charge in [0.15, 0.2) is 0 Å². The lowest BCUT2D eigenvalue weighted by molar-refractivity contribution is -0.138. The van der Waals surface area contributed by atoms with Gasteiger partial charge in [-0.05, 0) is 74.9 Å². The van der Waals surface area contributed by atoms with E-state index in [2.05, 4.69) is 40.5 Å². The summed E-state index contributed by atoms with van der Waals surface area (Å²) in [4.78, 5) is 17.3. The van der Waals surface area contributed by atoms with Crippen molar-refractivity contribution >= 4 is 17.2 Å². The van der Waals surface area contributed by atoms with E-state index in [4.69, 9.17) is 0 Å². The maximum atomic E-state index is 12.8. The van der Waals surface area contributed by atoms with Crippen molar-refractivity contribution in [3.63, 3.8) is 0 Å². The van der Waals surface area contributed by atoms with Crippen LogP contribution in [0.25, 0.3) is 0 Å². The minimum atomic E-state index is 0.330. The Morgan fingerprint density at radius 3 is 2.67 bits per heavy atom. The van der Waals surface area contributed by atoms with Crippen molar-refractivity contribution in [3.8, 4) is 0 Å². The van der Waals surface area contributed by atoms with E-state index in [0.717, 1.165) is 19.4 Å². The Bertz CT molecular complexity index is 463. The second-order valence-electron chi connectivity index (χ2n) is 6.62. The van der Waals surface area contributed by atoms with Gasteiger partial charge < -0.3 is 4.90 Å². The fourth-order valence-corrected chi connectivity index (χ4v) is 4.73. The van der Waals surface area contributed by atoms with Crippen molar-refractivity contribution < 1.29 is 4.79 Å². The maximum absolute atomic E-state index is 12.8. The molecule has 1 aromatic rings. The number of rotatable bonds is 3. The molecule has 1 aromatic heterocycles. The van der Waals surface area contributed by atoms with Gasteiger partial charge in [-0.1, -0.05) is 0 Å². The zero-order chi connectivity index (χ0) is 14.8. The fraction of sp³-hybridized carbons (Fsp3) is 0.706. The van der Waals surface area contributed by atoms with Gasteiger partial charge in [0.25, 0.3) is 0 Å². The van der Waals surface area contributed by atoms with Crippen molar-refractivity contribution in [1.82, 2.24) is 9.80 Å². The number of amides is 1. The summed E-state index contributed by atoms with van der Waals surface area (Å²) >= 11 is 1.75. The predicted octanol–water partition coefficient (Wildman–Crippen LogP) is 3.67. The number of nitrogens with zero attached hydrogens (tertiary/aromatic N) is 2. The summed E-state index contributed by atoms with van der Waals surface area (Å²) in [5.41, 5.74) is 1.39. The number of thiophene rings is 1. The topological polar surface area (TPSA) is 23.6 Å². The van der Waals surface area contributed by atoms with Crippen LogP contribution in [-0.2, 0) is 4.79 Å². The van der Waals surface area contributed by atoms with Gasteiger partial charge in [-0.25, -0.2) is 0 Å². The Morgan fingerprint density at radius 1 is 1.24 bits per heavy atom. The first-order chi connectivity index (χ1) is 10.2. The first-order valence-electron chi connectivity index (χ1n) is 8.24. The predicted molar refractivity (Wildman–Crippen MR) is 87.5 cm³/mol. The number of carbonyl (C=O) groups is 1. The lowest BCUT2D eigenvalue weighted by atomic mass is 9.97. The number of carbonyl (C=O) groups excluding carboxylic acids is 1. The van der Waals surface area contributed by atoms with Gasteiger partial charge in [-0.2, -0.15) is 11.3 Å². The van der Waals surface area contributed by atoms with Gasteiger partial charge in [-0.3, -0.25) is 9.69 Å². The molecule has 0 unspecified atom stereocenters. The van der Waals surface area contributed by atoms with E-state index in [1.165, 1.54) is 24.8 Å². The highest BCUT2D eigenvalue weighted by atomic mass is 32.1. The van der Waals surface area contributed by atoms with E-state index >= 15 is 0 Å². The third-order valence-corrected chi connectivity index (χ3v) is 5.81. The van der Waals surface area contributed by atoms with E-state index in [0.29, 0.717) is 30.6 Å². The zero-order valence-electron chi connectivity index (χ0n) is 13.1. The molecule has 3 atom stereocenters. The van der Waals surface area contributed by atoms with E-state index in [9.17, 15) is 4.79 Å². The molecular weight excluding hydrogens is 280 g/mol. The van der Waals surface area contributed by atoms with E-state index in [1.807, 2.05) is 0 Å². The summed E-state index contributed by atoms with van der Waals surface area (Å²) in [5, 5.41) is 4.38. The van der Waals surface area contributed by atoms with Gasteiger partial charge in [0.05, 0.1) is 6.54 Å². The van der Waals surface area contributed by atoms with Crippen molar-refractivity contribution in [1.29, 1.82) is 0 Å². The van der Waals surface area contributed by atoms with Crippen LogP contribution in [-0.4, -0.2) is 40.9 Å². The van der Waals surface area contributed by atoms with Crippen molar-refractivity contribution in [2.75, 3.05) is 13.1 Å². The normalized spacial score (nSPS) is 30.8. The Kier molecular flexibility index (Phi) is 4.65. The summed E-state index contributed by atoms with van der Waals surface area (Å²) in [7, 11) is 0. The van der Waals surface area contributed by atoms with Crippen LogP contribution in [0.4, 0.5) is 0 Å². The average Bonchev–Trinajstić information content (AvgIpc) is 3.08. The minimum absolute atomic E-state index is 0.330. The van der Waals surface area contributed by atoms with Crippen LogP contribution < -0.4 is 0 Å². The first kappa shape index (κ1) is 15.0. The fourth-order valence-electron chi connectivity index (χ4n) is 4.03. The summed E-state index contributed by atoms with van der Waals surface area (Å²) in [5.74, 6) is 0.330. The van der Waals surface area contributed by atoms with Gasteiger partial charge in [0.2, 0.25) is 5.91 Å². The molecule has 2 aliphatic heterocycles. The van der Waals surface area contributed by atoms with E-state index < -0.39 is 0 Å².